The van der Waals surface area contributed by atoms with Crippen LogP contribution in [0.5, 0.6) is 0 Å². The Morgan fingerprint density at radius 1 is 1.14 bits per heavy atom. The fraction of sp³-hybridized carbons (Fsp3) is 0.143. The van der Waals surface area contributed by atoms with E-state index < -0.39 is 0 Å². The van der Waals surface area contributed by atoms with Crippen LogP contribution in [0.2, 0.25) is 0 Å². The molecule has 2 heterocycles. The third-order valence-electron chi connectivity index (χ3n) is 4.38. The first-order valence-electron chi connectivity index (χ1n) is 8.75. The Hall–Kier alpha value is -2.51. The van der Waals surface area contributed by atoms with Crippen LogP contribution in [0.3, 0.4) is 0 Å². The zero-order valence-corrected chi connectivity index (χ0v) is 17.2. The van der Waals surface area contributed by atoms with Crippen LogP contribution in [0, 0.1) is 0 Å². The van der Waals surface area contributed by atoms with E-state index in [4.69, 9.17) is 4.42 Å². The Morgan fingerprint density at radius 3 is 2.68 bits per heavy atom. The van der Waals surface area contributed by atoms with Gasteiger partial charge in [-0.15, -0.1) is 11.8 Å². The highest BCUT2D eigenvalue weighted by Gasteiger charge is 2.31. The van der Waals surface area contributed by atoms with Crippen molar-refractivity contribution in [3.8, 4) is 0 Å². The topological polar surface area (TPSA) is 62.6 Å². The lowest BCUT2D eigenvalue weighted by Crippen LogP contribution is -2.38. The Kier molecular flexibility index (Phi) is 5.54. The number of hydrogen-bond donors (Lipinski definition) is 1. The van der Waals surface area contributed by atoms with Crippen molar-refractivity contribution >= 4 is 50.9 Å². The lowest BCUT2D eigenvalue weighted by Gasteiger charge is -2.22. The molecule has 0 radical (unpaired) electrons. The highest BCUT2D eigenvalue weighted by molar-refractivity contribution is 9.10. The number of fused-ring (bicyclic) bond motifs is 1. The molecule has 1 aliphatic rings. The third kappa shape index (κ3) is 4.15. The molecule has 0 saturated carbocycles. The first-order chi connectivity index (χ1) is 13.6. The summed E-state index contributed by atoms with van der Waals surface area (Å²) in [6, 6.07) is 18.7. The predicted octanol–water partition coefficient (Wildman–Crippen LogP) is 5.25. The summed E-state index contributed by atoms with van der Waals surface area (Å²) in [5, 5.41) is 2.73. The zero-order chi connectivity index (χ0) is 19.5. The second-order valence-electron chi connectivity index (χ2n) is 6.33. The normalized spacial score (nSPS) is 16.4. The quantitative estimate of drug-likeness (QED) is 0.581. The van der Waals surface area contributed by atoms with E-state index >= 15 is 0 Å². The molecule has 28 heavy (non-hydrogen) atoms. The van der Waals surface area contributed by atoms with Gasteiger partial charge in [-0.25, -0.2) is 0 Å². The van der Waals surface area contributed by atoms with Crippen molar-refractivity contribution in [3.05, 3.63) is 77.2 Å². The maximum Gasteiger partial charge on any atom is 0.244 e. The van der Waals surface area contributed by atoms with Gasteiger partial charge < -0.3 is 14.6 Å². The van der Waals surface area contributed by atoms with E-state index in [1.807, 2.05) is 60.7 Å². The van der Waals surface area contributed by atoms with E-state index in [2.05, 4.69) is 21.2 Å². The molecule has 2 amide bonds. The number of benzene rings is 2. The van der Waals surface area contributed by atoms with Crippen LogP contribution >= 0.6 is 27.7 Å². The number of nitrogens with zero attached hydrogens (tertiary/aromatic N) is 1. The van der Waals surface area contributed by atoms with E-state index in [0.717, 1.165) is 20.8 Å². The van der Waals surface area contributed by atoms with E-state index in [1.54, 1.807) is 22.9 Å². The van der Waals surface area contributed by atoms with Gasteiger partial charge in [-0.1, -0.05) is 28.1 Å². The largest absolute Gasteiger partial charge is 0.468 e. The Morgan fingerprint density at radius 2 is 1.93 bits per heavy atom. The van der Waals surface area contributed by atoms with Crippen LogP contribution in [0.25, 0.3) is 0 Å². The summed E-state index contributed by atoms with van der Waals surface area (Å²) in [6.07, 6.45) is 1.87. The monoisotopic (exact) mass is 456 g/mol. The summed E-state index contributed by atoms with van der Waals surface area (Å²) in [5.74, 6) is 0.408. The fourth-order valence-electron chi connectivity index (χ4n) is 3.06. The number of carbonyl (C=O) groups is 2. The molecule has 0 spiro atoms. The van der Waals surface area contributed by atoms with Gasteiger partial charge in [-0.2, -0.15) is 0 Å². The van der Waals surface area contributed by atoms with Crippen LogP contribution in [0.15, 0.2) is 80.7 Å². The molecule has 0 unspecified atom stereocenters. The standard InChI is InChI=1S/C21H17BrN2O3S/c22-14-7-9-15(10-8-14)23-20(25)13-24-16-4-1-2-6-18(16)28-19(12-21(24)26)17-5-3-11-27-17/h1-11,19H,12-13H2,(H,23,25)/t19-/m1/s1. The highest BCUT2D eigenvalue weighted by atomic mass is 79.9. The molecule has 0 bridgehead atoms. The van der Waals surface area contributed by atoms with Gasteiger partial charge in [0.25, 0.3) is 0 Å². The van der Waals surface area contributed by atoms with Crippen molar-refractivity contribution in [1.82, 2.24) is 0 Å². The minimum absolute atomic E-state index is 0.0443. The summed E-state index contributed by atoms with van der Waals surface area (Å²) in [6.45, 7) is -0.0443. The van der Waals surface area contributed by atoms with Gasteiger partial charge in [0.2, 0.25) is 11.8 Å². The summed E-state index contributed by atoms with van der Waals surface area (Å²) in [5.41, 5.74) is 1.43. The van der Waals surface area contributed by atoms with E-state index in [9.17, 15) is 9.59 Å². The first-order valence-corrected chi connectivity index (χ1v) is 10.4. The number of nitrogens with one attached hydrogen (secondary N) is 1. The molecule has 1 aromatic heterocycles. The smallest absolute Gasteiger partial charge is 0.244 e. The van der Waals surface area contributed by atoms with Crippen molar-refractivity contribution < 1.29 is 14.0 Å². The molecule has 2 aromatic carbocycles. The number of halogens is 1. The molecule has 0 aliphatic carbocycles. The second kappa shape index (κ2) is 8.24. The number of thioether (sulfide) groups is 1. The molecular weight excluding hydrogens is 440 g/mol. The van der Waals surface area contributed by atoms with Crippen molar-refractivity contribution in [1.29, 1.82) is 0 Å². The minimum atomic E-state index is -0.244. The van der Waals surface area contributed by atoms with Crippen molar-refractivity contribution in [2.75, 3.05) is 16.8 Å². The fourth-order valence-corrected chi connectivity index (χ4v) is 4.56. The lowest BCUT2D eigenvalue weighted by atomic mass is 10.2. The number of rotatable bonds is 4. The molecule has 0 saturated heterocycles. The van der Waals surface area contributed by atoms with Gasteiger partial charge in [0.05, 0.1) is 17.2 Å². The van der Waals surface area contributed by atoms with Gasteiger partial charge >= 0.3 is 0 Å². The van der Waals surface area contributed by atoms with Crippen molar-refractivity contribution in [3.63, 3.8) is 0 Å². The number of para-hydroxylation sites is 1. The Labute approximate surface area is 175 Å². The van der Waals surface area contributed by atoms with Crippen LogP contribution in [0.4, 0.5) is 11.4 Å². The molecular formula is C21H17BrN2O3S. The second-order valence-corrected chi connectivity index (χ2v) is 8.49. The summed E-state index contributed by atoms with van der Waals surface area (Å²) >= 11 is 4.95. The SMILES string of the molecule is O=C(CN1C(=O)C[C@H](c2ccco2)Sc2ccccc21)Nc1ccc(Br)cc1. The van der Waals surface area contributed by atoms with Gasteiger partial charge in [-0.3, -0.25) is 9.59 Å². The van der Waals surface area contributed by atoms with Gasteiger partial charge in [0.15, 0.2) is 0 Å². The van der Waals surface area contributed by atoms with E-state index in [-0.39, 0.29) is 30.0 Å². The Bertz CT molecular complexity index is 989. The summed E-state index contributed by atoms with van der Waals surface area (Å²) < 4.78 is 6.46. The van der Waals surface area contributed by atoms with Crippen LogP contribution in [-0.2, 0) is 9.59 Å². The minimum Gasteiger partial charge on any atom is -0.468 e. The van der Waals surface area contributed by atoms with Gasteiger partial charge in [0.1, 0.15) is 12.3 Å². The molecule has 4 rings (SSSR count). The number of furan rings is 1. The van der Waals surface area contributed by atoms with Gasteiger partial charge in [-0.05, 0) is 48.5 Å². The molecule has 1 aliphatic heterocycles. The zero-order valence-electron chi connectivity index (χ0n) is 14.8. The van der Waals surface area contributed by atoms with Crippen LogP contribution < -0.4 is 10.2 Å². The number of anilines is 2. The molecule has 1 N–H and O–H groups in total. The first kappa shape index (κ1) is 18.8. The molecule has 1 atom stereocenters. The summed E-state index contributed by atoms with van der Waals surface area (Å²) in [7, 11) is 0. The molecule has 0 fully saturated rings. The predicted molar refractivity (Wildman–Crippen MR) is 113 cm³/mol. The van der Waals surface area contributed by atoms with Crippen LogP contribution in [-0.4, -0.2) is 18.4 Å². The maximum atomic E-state index is 13.0. The van der Waals surface area contributed by atoms with Crippen molar-refractivity contribution in [2.45, 2.75) is 16.6 Å². The molecule has 5 nitrogen and oxygen atoms in total. The van der Waals surface area contributed by atoms with Crippen LogP contribution in [0.1, 0.15) is 17.4 Å². The van der Waals surface area contributed by atoms with E-state index in [1.165, 1.54) is 0 Å². The van der Waals surface area contributed by atoms with Crippen molar-refractivity contribution in [2.24, 2.45) is 0 Å². The highest BCUT2D eigenvalue weighted by Crippen LogP contribution is 2.45. The number of amides is 2. The summed E-state index contributed by atoms with van der Waals surface area (Å²) in [4.78, 5) is 28.1. The average molecular weight is 457 g/mol. The number of hydrogen-bond acceptors (Lipinski definition) is 4. The molecule has 3 aromatic rings. The van der Waals surface area contributed by atoms with Gasteiger partial charge in [0, 0.05) is 21.5 Å². The number of carbonyl (C=O) groups excluding carboxylic acids is 2. The third-order valence-corrected chi connectivity index (χ3v) is 6.19. The lowest BCUT2D eigenvalue weighted by molar-refractivity contribution is -0.121. The average Bonchev–Trinajstić information content (AvgIpc) is 3.18. The molecule has 142 valence electrons. The maximum absolute atomic E-state index is 13.0. The molecule has 7 heteroatoms. The Balaban J connectivity index is 1.56. The van der Waals surface area contributed by atoms with E-state index in [0.29, 0.717) is 5.69 Å².